The molecule has 0 bridgehead atoms. The van der Waals surface area contributed by atoms with Crippen molar-refractivity contribution in [1.29, 1.82) is 0 Å². The van der Waals surface area contributed by atoms with Crippen molar-refractivity contribution >= 4 is 11.7 Å². The summed E-state index contributed by atoms with van der Waals surface area (Å²) < 4.78 is 5.44. The second-order valence-electron chi connectivity index (χ2n) is 5.96. The number of Topliss-reactive ketones (excluding diaryl/α,β-unsaturated/α-hetero) is 1. The van der Waals surface area contributed by atoms with Crippen LogP contribution >= 0.6 is 0 Å². The molecular formula is C18H27NO3. The van der Waals surface area contributed by atoms with Gasteiger partial charge in [0.05, 0.1) is 0 Å². The second kappa shape index (κ2) is 10.1. The number of carbonyl (C=O) groups excluding carboxylic acids is 2. The van der Waals surface area contributed by atoms with Gasteiger partial charge in [-0.3, -0.25) is 9.59 Å². The summed E-state index contributed by atoms with van der Waals surface area (Å²) in [5, 5.41) is 2.82. The van der Waals surface area contributed by atoms with Gasteiger partial charge in [0, 0.05) is 38.2 Å². The van der Waals surface area contributed by atoms with E-state index in [2.05, 4.69) is 19.2 Å². The summed E-state index contributed by atoms with van der Waals surface area (Å²) >= 11 is 0. The van der Waals surface area contributed by atoms with E-state index in [-0.39, 0.29) is 24.5 Å². The maximum atomic E-state index is 11.9. The minimum absolute atomic E-state index is 0.00965. The van der Waals surface area contributed by atoms with Crippen LogP contribution in [0, 0.1) is 12.8 Å². The number of ketones is 1. The Bertz CT molecular complexity index is 466. The standard InChI is InChI=1S/C18H27NO3/c1-14(2)13-22-12-4-11-19-18(21)10-9-17(20)16-7-5-15(3)6-8-16/h5-8,14H,4,9-13H2,1-3H3,(H,19,21). The highest BCUT2D eigenvalue weighted by atomic mass is 16.5. The molecule has 0 saturated heterocycles. The lowest BCUT2D eigenvalue weighted by Crippen LogP contribution is -2.25. The van der Waals surface area contributed by atoms with Crippen LogP contribution in [0.1, 0.15) is 49.0 Å². The Morgan fingerprint density at radius 2 is 1.82 bits per heavy atom. The number of benzene rings is 1. The molecule has 0 atom stereocenters. The first kappa shape index (κ1) is 18.4. The van der Waals surface area contributed by atoms with Crippen LogP contribution in [0.25, 0.3) is 0 Å². The zero-order valence-corrected chi connectivity index (χ0v) is 13.9. The number of ether oxygens (including phenoxy) is 1. The fourth-order valence-electron chi connectivity index (χ4n) is 1.92. The lowest BCUT2D eigenvalue weighted by atomic mass is 10.1. The summed E-state index contributed by atoms with van der Waals surface area (Å²) in [6.07, 6.45) is 1.28. The van der Waals surface area contributed by atoms with Gasteiger partial charge in [0.25, 0.3) is 0 Å². The van der Waals surface area contributed by atoms with Crippen LogP contribution in [-0.2, 0) is 9.53 Å². The van der Waals surface area contributed by atoms with E-state index in [0.29, 0.717) is 24.6 Å². The summed E-state index contributed by atoms with van der Waals surface area (Å²) in [6, 6.07) is 7.43. The quantitative estimate of drug-likeness (QED) is 0.534. The van der Waals surface area contributed by atoms with Gasteiger partial charge in [0.15, 0.2) is 5.78 Å². The molecule has 1 amide bonds. The van der Waals surface area contributed by atoms with E-state index in [1.165, 1.54) is 0 Å². The fourth-order valence-corrected chi connectivity index (χ4v) is 1.92. The van der Waals surface area contributed by atoms with Gasteiger partial charge >= 0.3 is 0 Å². The largest absolute Gasteiger partial charge is 0.381 e. The molecule has 1 N–H and O–H groups in total. The minimum Gasteiger partial charge on any atom is -0.381 e. The highest BCUT2D eigenvalue weighted by molar-refractivity contribution is 5.97. The molecule has 1 rings (SSSR count). The molecule has 0 aliphatic heterocycles. The number of carbonyl (C=O) groups is 2. The Morgan fingerprint density at radius 3 is 2.45 bits per heavy atom. The van der Waals surface area contributed by atoms with Crippen LogP contribution in [0.4, 0.5) is 0 Å². The van der Waals surface area contributed by atoms with E-state index < -0.39 is 0 Å². The summed E-state index contributed by atoms with van der Waals surface area (Å²) in [5.41, 5.74) is 1.79. The minimum atomic E-state index is -0.0793. The van der Waals surface area contributed by atoms with Crippen molar-refractivity contribution in [2.75, 3.05) is 19.8 Å². The van der Waals surface area contributed by atoms with E-state index >= 15 is 0 Å². The first-order valence-corrected chi connectivity index (χ1v) is 7.93. The Kier molecular flexibility index (Phi) is 8.44. The summed E-state index contributed by atoms with van der Waals surface area (Å²) in [6.45, 7) is 8.18. The molecule has 0 aliphatic carbocycles. The molecule has 0 saturated carbocycles. The monoisotopic (exact) mass is 305 g/mol. The van der Waals surface area contributed by atoms with Crippen molar-refractivity contribution in [3.63, 3.8) is 0 Å². The average Bonchev–Trinajstić information content (AvgIpc) is 2.48. The van der Waals surface area contributed by atoms with Crippen molar-refractivity contribution in [3.8, 4) is 0 Å². The zero-order chi connectivity index (χ0) is 16.4. The average molecular weight is 305 g/mol. The number of amides is 1. The molecule has 122 valence electrons. The highest BCUT2D eigenvalue weighted by Gasteiger charge is 2.08. The number of nitrogens with one attached hydrogen (secondary N) is 1. The molecule has 0 aliphatic rings. The molecule has 1 aromatic carbocycles. The molecule has 0 radical (unpaired) electrons. The predicted octanol–water partition coefficient (Wildman–Crippen LogP) is 3.14. The molecule has 0 unspecified atom stereocenters. The number of hydrogen-bond donors (Lipinski definition) is 1. The third-order valence-electron chi connectivity index (χ3n) is 3.19. The Labute approximate surface area is 133 Å². The van der Waals surface area contributed by atoms with E-state index in [4.69, 9.17) is 4.74 Å². The molecule has 22 heavy (non-hydrogen) atoms. The van der Waals surface area contributed by atoms with Crippen LogP contribution in [0.2, 0.25) is 0 Å². The molecule has 4 heteroatoms. The van der Waals surface area contributed by atoms with Gasteiger partial charge in [-0.2, -0.15) is 0 Å². The maximum absolute atomic E-state index is 11.9. The van der Waals surface area contributed by atoms with E-state index in [0.717, 1.165) is 18.6 Å². The van der Waals surface area contributed by atoms with Gasteiger partial charge in [-0.15, -0.1) is 0 Å². The van der Waals surface area contributed by atoms with E-state index in [1.807, 2.05) is 31.2 Å². The number of hydrogen-bond acceptors (Lipinski definition) is 3. The van der Waals surface area contributed by atoms with Crippen LogP contribution in [-0.4, -0.2) is 31.4 Å². The summed E-state index contributed by atoms with van der Waals surface area (Å²) in [7, 11) is 0. The topological polar surface area (TPSA) is 55.4 Å². The van der Waals surface area contributed by atoms with Crippen molar-refractivity contribution < 1.29 is 14.3 Å². The van der Waals surface area contributed by atoms with Crippen molar-refractivity contribution in [3.05, 3.63) is 35.4 Å². The van der Waals surface area contributed by atoms with Gasteiger partial charge in [0.2, 0.25) is 5.91 Å². The third kappa shape index (κ3) is 7.93. The van der Waals surface area contributed by atoms with E-state index in [9.17, 15) is 9.59 Å². The molecule has 1 aromatic rings. The van der Waals surface area contributed by atoms with Crippen molar-refractivity contribution in [1.82, 2.24) is 5.32 Å². The fraction of sp³-hybridized carbons (Fsp3) is 0.556. The molecule has 0 aromatic heterocycles. The van der Waals surface area contributed by atoms with Gasteiger partial charge in [-0.05, 0) is 19.3 Å². The highest BCUT2D eigenvalue weighted by Crippen LogP contribution is 2.07. The van der Waals surface area contributed by atoms with Gasteiger partial charge in [-0.25, -0.2) is 0 Å². The summed E-state index contributed by atoms with van der Waals surface area (Å²) in [5.74, 6) is 0.460. The van der Waals surface area contributed by atoms with Gasteiger partial charge in [-0.1, -0.05) is 43.7 Å². The second-order valence-corrected chi connectivity index (χ2v) is 5.96. The Balaban J connectivity index is 2.12. The van der Waals surface area contributed by atoms with Gasteiger partial charge in [0.1, 0.15) is 0 Å². The van der Waals surface area contributed by atoms with Gasteiger partial charge < -0.3 is 10.1 Å². The van der Waals surface area contributed by atoms with Crippen molar-refractivity contribution in [2.24, 2.45) is 5.92 Å². The Hall–Kier alpha value is -1.68. The van der Waals surface area contributed by atoms with Crippen LogP contribution in [0.15, 0.2) is 24.3 Å². The lowest BCUT2D eigenvalue weighted by Gasteiger charge is -2.07. The van der Waals surface area contributed by atoms with Crippen LogP contribution in [0.5, 0.6) is 0 Å². The molecular weight excluding hydrogens is 278 g/mol. The molecule has 4 nitrogen and oxygen atoms in total. The Morgan fingerprint density at radius 1 is 1.14 bits per heavy atom. The molecule has 0 fully saturated rings. The van der Waals surface area contributed by atoms with Crippen molar-refractivity contribution in [2.45, 2.75) is 40.0 Å². The first-order valence-electron chi connectivity index (χ1n) is 7.93. The normalized spacial score (nSPS) is 10.7. The lowest BCUT2D eigenvalue weighted by molar-refractivity contribution is -0.121. The van der Waals surface area contributed by atoms with Crippen LogP contribution < -0.4 is 5.32 Å². The smallest absolute Gasteiger partial charge is 0.220 e. The number of rotatable bonds is 10. The zero-order valence-electron chi connectivity index (χ0n) is 13.9. The first-order chi connectivity index (χ1) is 10.5. The van der Waals surface area contributed by atoms with E-state index in [1.54, 1.807) is 0 Å². The molecule has 0 spiro atoms. The maximum Gasteiger partial charge on any atom is 0.220 e. The predicted molar refractivity (Wildman–Crippen MR) is 88.0 cm³/mol. The third-order valence-corrected chi connectivity index (χ3v) is 3.19. The SMILES string of the molecule is Cc1ccc(C(=O)CCC(=O)NCCCOCC(C)C)cc1. The number of aryl methyl sites for hydroxylation is 1. The van der Waals surface area contributed by atoms with Crippen LogP contribution in [0.3, 0.4) is 0 Å². The molecule has 0 heterocycles. The summed E-state index contributed by atoms with van der Waals surface area (Å²) in [4.78, 5) is 23.6.